The number of nitrogens with one attached hydrogen (secondary N) is 1. The number of thiol groups is 1. The van der Waals surface area contributed by atoms with E-state index in [1.165, 1.54) is 0 Å². The second-order valence-corrected chi connectivity index (χ2v) is 6.05. The number of hydrogen-bond acceptors (Lipinski definition) is 4. The number of ether oxygens (including phenoxy) is 1. The van der Waals surface area contributed by atoms with Crippen molar-refractivity contribution in [2.24, 2.45) is 0 Å². The lowest BCUT2D eigenvalue weighted by Crippen LogP contribution is -2.54. The standard InChI is InChI=1S/C12H24N2O2S/c1-9(2)16-11(15)13-12(4)5-7-14(8-6-12)10(3)17/h9-10,17H,5-8H2,1-4H3,(H,13,15)/t10-/m0/s1. The molecule has 0 radical (unpaired) electrons. The van der Waals surface area contributed by atoms with Crippen molar-refractivity contribution >= 4 is 18.7 Å². The fourth-order valence-electron chi connectivity index (χ4n) is 2.01. The van der Waals surface area contributed by atoms with Crippen LogP contribution in [0, 0.1) is 0 Å². The quantitative estimate of drug-likeness (QED) is 0.765. The van der Waals surface area contributed by atoms with Crippen molar-refractivity contribution in [3.8, 4) is 0 Å². The minimum absolute atomic E-state index is 0.0730. The van der Waals surface area contributed by atoms with Crippen LogP contribution in [0.25, 0.3) is 0 Å². The molecule has 1 aliphatic rings. The van der Waals surface area contributed by atoms with Crippen LogP contribution in [0.4, 0.5) is 4.79 Å². The number of carbonyl (C=O) groups is 1. The molecule has 1 N–H and O–H groups in total. The second-order valence-electron chi connectivity index (χ2n) is 5.31. The first-order valence-electron chi connectivity index (χ1n) is 6.23. The molecular weight excluding hydrogens is 236 g/mol. The van der Waals surface area contributed by atoms with Gasteiger partial charge in [-0.3, -0.25) is 4.90 Å². The minimum atomic E-state index is -0.310. The topological polar surface area (TPSA) is 41.6 Å². The van der Waals surface area contributed by atoms with E-state index < -0.39 is 0 Å². The summed E-state index contributed by atoms with van der Waals surface area (Å²) in [5.74, 6) is 0. The summed E-state index contributed by atoms with van der Waals surface area (Å²) in [6.45, 7) is 9.79. The van der Waals surface area contributed by atoms with Gasteiger partial charge in [-0.2, -0.15) is 12.6 Å². The first-order valence-corrected chi connectivity index (χ1v) is 6.75. The van der Waals surface area contributed by atoms with Gasteiger partial charge in [-0.15, -0.1) is 0 Å². The lowest BCUT2D eigenvalue weighted by atomic mass is 9.90. The Morgan fingerprint density at radius 3 is 2.29 bits per heavy atom. The fraction of sp³-hybridized carbons (Fsp3) is 0.917. The Balaban J connectivity index is 2.41. The maximum Gasteiger partial charge on any atom is 0.407 e. The van der Waals surface area contributed by atoms with Gasteiger partial charge in [-0.25, -0.2) is 4.79 Å². The summed E-state index contributed by atoms with van der Waals surface area (Å²) in [6, 6.07) is 0. The molecule has 0 saturated carbocycles. The average molecular weight is 260 g/mol. The second kappa shape index (κ2) is 5.96. The van der Waals surface area contributed by atoms with Crippen molar-refractivity contribution < 1.29 is 9.53 Å². The molecule has 0 unspecified atom stereocenters. The number of rotatable bonds is 3. The maximum absolute atomic E-state index is 11.6. The highest BCUT2D eigenvalue weighted by Crippen LogP contribution is 2.23. The Morgan fingerprint density at radius 2 is 1.88 bits per heavy atom. The SMILES string of the molecule is CC(C)OC(=O)NC1(C)CCN([C@H](C)S)CC1. The molecule has 17 heavy (non-hydrogen) atoms. The molecule has 0 aromatic carbocycles. The molecule has 0 aromatic rings. The Hall–Kier alpha value is -0.420. The van der Waals surface area contributed by atoms with E-state index >= 15 is 0 Å². The van der Waals surface area contributed by atoms with Gasteiger partial charge in [0.15, 0.2) is 0 Å². The van der Waals surface area contributed by atoms with Crippen molar-refractivity contribution in [2.45, 2.75) is 57.6 Å². The van der Waals surface area contributed by atoms with Crippen LogP contribution in [-0.2, 0) is 4.74 Å². The van der Waals surface area contributed by atoms with E-state index in [1.54, 1.807) is 0 Å². The lowest BCUT2D eigenvalue weighted by molar-refractivity contribution is 0.0890. The highest BCUT2D eigenvalue weighted by Gasteiger charge is 2.32. The third kappa shape index (κ3) is 4.76. The predicted octanol–water partition coefficient (Wildman–Crippen LogP) is 2.25. The maximum atomic E-state index is 11.6. The molecule has 0 aliphatic carbocycles. The summed E-state index contributed by atoms with van der Waals surface area (Å²) in [6.07, 6.45) is 1.49. The van der Waals surface area contributed by atoms with Crippen LogP contribution in [0.1, 0.15) is 40.5 Å². The Kier molecular flexibility index (Phi) is 5.13. The van der Waals surface area contributed by atoms with Gasteiger partial charge in [-0.05, 0) is 40.5 Å². The van der Waals surface area contributed by atoms with E-state index in [0.29, 0.717) is 0 Å². The number of likely N-dealkylation sites (tertiary alicyclic amines) is 1. The van der Waals surface area contributed by atoms with Crippen LogP contribution in [0.5, 0.6) is 0 Å². The Morgan fingerprint density at radius 1 is 1.35 bits per heavy atom. The highest BCUT2D eigenvalue weighted by atomic mass is 32.1. The van der Waals surface area contributed by atoms with Crippen LogP contribution in [-0.4, -0.2) is 41.1 Å². The minimum Gasteiger partial charge on any atom is -0.447 e. The molecule has 1 atom stereocenters. The monoisotopic (exact) mass is 260 g/mol. The van der Waals surface area contributed by atoms with Gasteiger partial charge in [0.1, 0.15) is 0 Å². The molecule has 1 fully saturated rings. The molecule has 1 heterocycles. The summed E-state index contributed by atoms with van der Waals surface area (Å²) in [5, 5.41) is 3.25. The van der Waals surface area contributed by atoms with Crippen LogP contribution in [0.2, 0.25) is 0 Å². The largest absolute Gasteiger partial charge is 0.447 e. The average Bonchev–Trinajstić information content (AvgIpc) is 2.15. The van der Waals surface area contributed by atoms with Gasteiger partial charge in [-0.1, -0.05) is 0 Å². The Labute approximate surface area is 109 Å². The van der Waals surface area contributed by atoms with Gasteiger partial charge in [0.05, 0.1) is 6.10 Å². The first kappa shape index (κ1) is 14.6. The van der Waals surface area contributed by atoms with E-state index in [2.05, 4.69) is 36.7 Å². The van der Waals surface area contributed by atoms with Crippen molar-refractivity contribution in [2.75, 3.05) is 13.1 Å². The first-order chi connectivity index (χ1) is 7.82. The molecule has 0 aromatic heterocycles. The van der Waals surface area contributed by atoms with E-state index in [0.717, 1.165) is 25.9 Å². The molecule has 4 nitrogen and oxygen atoms in total. The molecule has 1 rings (SSSR count). The van der Waals surface area contributed by atoms with E-state index in [4.69, 9.17) is 4.74 Å². The lowest BCUT2D eigenvalue weighted by Gasteiger charge is -2.41. The summed E-state index contributed by atoms with van der Waals surface area (Å²) >= 11 is 4.43. The van der Waals surface area contributed by atoms with Gasteiger partial charge in [0, 0.05) is 24.0 Å². The molecule has 0 spiro atoms. The third-order valence-electron chi connectivity index (χ3n) is 3.18. The number of piperidine rings is 1. The van der Waals surface area contributed by atoms with Crippen molar-refractivity contribution in [1.82, 2.24) is 10.2 Å². The zero-order valence-corrected chi connectivity index (χ0v) is 12.1. The van der Waals surface area contributed by atoms with Gasteiger partial charge in [0.25, 0.3) is 0 Å². The summed E-state index contributed by atoms with van der Waals surface area (Å²) in [4.78, 5) is 13.9. The predicted molar refractivity (Wildman–Crippen MR) is 72.4 cm³/mol. The fourth-order valence-corrected chi connectivity index (χ4v) is 2.24. The van der Waals surface area contributed by atoms with Gasteiger partial charge < -0.3 is 10.1 Å². The molecule has 0 bridgehead atoms. The normalized spacial score (nSPS) is 22.2. The number of nitrogens with zero attached hydrogens (tertiary/aromatic N) is 1. The number of carbonyl (C=O) groups excluding carboxylic acids is 1. The van der Waals surface area contributed by atoms with Crippen LogP contribution in [0.3, 0.4) is 0 Å². The molecule has 1 saturated heterocycles. The molecular formula is C12H24N2O2S. The summed E-state index contributed by atoms with van der Waals surface area (Å²) in [5.41, 5.74) is -0.148. The molecule has 1 amide bonds. The summed E-state index contributed by atoms with van der Waals surface area (Å²) in [7, 11) is 0. The smallest absolute Gasteiger partial charge is 0.407 e. The zero-order valence-electron chi connectivity index (χ0n) is 11.2. The summed E-state index contributed by atoms with van der Waals surface area (Å²) < 4.78 is 5.11. The number of amides is 1. The Bertz CT molecular complexity index is 261. The molecule has 100 valence electrons. The number of alkyl carbamates (subject to hydrolysis) is 1. The van der Waals surface area contributed by atoms with Gasteiger partial charge in [0.2, 0.25) is 0 Å². The van der Waals surface area contributed by atoms with Gasteiger partial charge >= 0.3 is 6.09 Å². The number of hydrogen-bond donors (Lipinski definition) is 2. The molecule has 1 aliphatic heterocycles. The van der Waals surface area contributed by atoms with Crippen molar-refractivity contribution in [3.05, 3.63) is 0 Å². The molecule has 5 heteroatoms. The van der Waals surface area contributed by atoms with E-state index in [-0.39, 0.29) is 23.1 Å². The zero-order chi connectivity index (χ0) is 13.1. The van der Waals surface area contributed by atoms with Crippen molar-refractivity contribution in [3.63, 3.8) is 0 Å². The van der Waals surface area contributed by atoms with Crippen LogP contribution < -0.4 is 5.32 Å². The third-order valence-corrected chi connectivity index (χ3v) is 3.50. The van der Waals surface area contributed by atoms with Crippen LogP contribution in [0.15, 0.2) is 0 Å². The van der Waals surface area contributed by atoms with E-state index in [1.807, 2.05) is 13.8 Å². The highest BCUT2D eigenvalue weighted by molar-refractivity contribution is 7.80. The van der Waals surface area contributed by atoms with Crippen LogP contribution >= 0.6 is 12.6 Å². The van der Waals surface area contributed by atoms with E-state index in [9.17, 15) is 4.79 Å². The van der Waals surface area contributed by atoms with Crippen molar-refractivity contribution in [1.29, 1.82) is 0 Å².